The third-order valence-corrected chi connectivity index (χ3v) is 4.26. The van der Waals surface area contributed by atoms with Crippen molar-refractivity contribution in [2.24, 2.45) is 5.92 Å². The minimum Gasteiger partial charge on any atom is -0.396 e. The molecule has 1 aliphatic carbocycles. The number of hydrogen-bond donors (Lipinski definition) is 3. The molecule has 0 bridgehead atoms. The van der Waals surface area contributed by atoms with Crippen LogP contribution in [0.2, 0.25) is 0 Å². The van der Waals surface area contributed by atoms with Crippen LogP contribution in [0.1, 0.15) is 12.5 Å². The van der Waals surface area contributed by atoms with E-state index in [1.807, 2.05) is 0 Å². The second kappa shape index (κ2) is 5.22. The molecule has 112 valence electrons. The molecular formula is C15H16FNO4. The van der Waals surface area contributed by atoms with Crippen molar-refractivity contribution in [3.63, 3.8) is 0 Å². The maximum atomic E-state index is 13.3. The number of fused-ring (bicyclic) bond motifs is 1. The number of nitrogens with zero attached hydrogens (tertiary/aromatic N) is 1. The van der Waals surface area contributed by atoms with E-state index in [2.05, 4.69) is 0 Å². The van der Waals surface area contributed by atoms with Crippen molar-refractivity contribution in [1.82, 2.24) is 4.57 Å². The Morgan fingerprint density at radius 3 is 2.67 bits per heavy atom. The summed E-state index contributed by atoms with van der Waals surface area (Å²) in [5.74, 6) is -0.974. The van der Waals surface area contributed by atoms with E-state index in [0.29, 0.717) is 11.8 Å². The lowest BCUT2D eigenvalue weighted by molar-refractivity contribution is -0.00436. The predicted octanol–water partition coefficient (Wildman–Crippen LogP) is 0.416. The Labute approximate surface area is 119 Å². The summed E-state index contributed by atoms with van der Waals surface area (Å²) in [5.41, 5.74) is -0.415. The molecule has 21 heavy (non-hydrogen) atoms. The highest BCUT2D eigenvalue weighted by atomic mass is 19.1. The van der Waals surface area contributed by atoms with Gasteiger partial charge in [0.1, 0.15) is 11.9 Å². The molecule has 3 rings (SSSR count). The van der Waals surface area contributed by atoms with Gasteiger partial charge in [-0.05, 0) is 30.0 Å². The molecule has 0 saturated heterocycles. The lowest BCUT2D eigenvalue weighted by Crippen LogP contribution is -2.34. The topological polar surface area (TPSA) is 82.7 Å². The van der Waals surface area contributed by atoms with Gasteiger partial charge in [-0.15, -0.1) is 0 Å². The zero-order valence-electron chi connectivity index (χ0n) is 11.2. The average Bonchev–Trinajstić information content (AvgIpc) is 2.76. The molecule has 1 fully saturated rings. The molecule has 0 amide bonds. The van der Waals surface area contributed by atoms with Crippen LogP contribution < -0.4 is 5.56 Å². The van der Waals surface area contributed by atoms with Crippen LogP contribution in [0.4, 0.5) is 4.39 Å². The zero-order valence-corrected chi connectivity index (χ0v) is 11.2. The number of aliphatic hydroxyl groups excluding tert-OH is 3. The largest absolute Gasteiger partial charge is 0.396 e. The third-order valence-electron chi connectivity index (χ3n) is 4.26. The molecule has 1 saturated carbocycles. The number of aromatic nitrogens is 1. The van der Waals surface area contributed by atoms with Gasteiger partial charge in [0, 0.05) is 18.7 Å². The van der Waals surface area contributed by atoms with Gasteiger partial charge < -0.3 is 19.9 Å². The molecule has 1 aliphatic rings. The summed E-state index contributed by atoms with van der Waals surface area (Å²) >= 11 is 0. The van der Waals surface area contributed by atoms with Crippen LogP contribution in [0.25, 0.3) is 10.8 Å². The summed E-state index contributed by atoms with van der Waals surface area (Å²) in [5, 5.41) is 30.0. The molecular weight excluding hydrogens is 277 g/mol. The van der Waals surface area contributed by atoms with Gasteiger partial charge >= 0.3 is 0 Å². The fourth-order valence-electron chi connectivity index (χ4n) is 3.04. The average molecular weight is 293 g/mol. The van der Waals surface area contributed by atoms with Crippen LogP contribution in [0.15, 0.2) is 35.3 Å². The van der Waals surface area contributed by atoms with Gasteiger partial charge in [0.05, 0.1) is 17.5 Å². The summed E-state index contributed by atoms with van der Waals surface area (Å²) < 4.78 is 14.6. The third kappa shape index (κ3) is 2.25. The zero-order chi connectivity index (χ0) is 15.1. The van der Waals surface area contributed by atoms with Crippen LogP contribution >= 0.6 is 0 Å². The van der Waals surface area contributed by atoms with E-state index in [0.717, 1.165) is 6.07 Å². The Morgan fingerprint density at radius 2 is 2.00 bits per heavy atom. The SMILES string of the molecule is O=c1c2cc(F)ccc2ccn1C1CC(CO)C(O)C1O. The van der Waals surface area contributed by atoms with Gasteiger partial charge in [-0.1, -0.05) is 6.07 Å². The fraction of sp³-hybridized carbons (Fsp3) is 0.400. The molecule has 0 aliphatic heterocycles. The molecule has 5 nitrogen and oxygen atoms in total. The molecule has 1 aromatic heterocycles. The first kappa shape index (κ1) is 14.2. The summed E-state index contributed by atoms with van der Waals surface area (Å²) in [6.45, 7) is -0.258. The van der Waals surface area contributed by atoms with Gasteiger partial charge in [-0.3, -0.25) is 4.79 Å². The number of pyridine rings is 1. The lowest BCUT2D eigenvalue weighted by Gasteiger charge is -2.19. The molecule has 6 heteroatoms. The summed E-state index contributed by atoms with van der Waals surface area (Å²) in [6, 6.07) is 5.00. The Bertz CT molecular complexity index is 729. The van der Waals surface area contributed by atoms with Crippen LogP contribution in [-0.2, 0) is 0 Å². The maximum Gasteiger partial charge on any atom is 0.258 e. The van der Waals surface area contributed by atoms with Gasteiger partial charge in [0.15, 0.2) is 0 Å². The number of hydrogen-bond acceptors (Lipinski definition) is 4. The number of rotatable bonds is 2. The standard InChI is InChI=1S/C15H16FNO4/c16-10-2-1-8-3-4-17(15(21)11(8)6-10)12-5-9(7-18)13(19)14(12)20/h1-4,6,9,12-14,18-20H,5,7H2. The molecule has 1 heterocycles. The van der Waals surface area contributed by atoms with Crippen molar-refractivity contribution in [3.8, 4) is 0 Å². The minimum absolute atomic E-state index is 0.228. The normalized spacial score (nSPS) is 29.1. The van der Waals surface area contributed by atoms with E-state index < -0.39 is 35.5 Å². The Hall–Kier alpha value is -1.76. The minimum atomic E-state index is -1.13. The van der Waals surface area contributed by atoms with E-state index in [1.54, 1.807) is 6.07 Å². The lowest BCUT2D eigenvalue weighted by atomic mass is 10.1. The van der Waals surface area contributed by atoms with Crippen LogP contribution in [0, 0.1) is 11.7 Å². The van der Waals surface area contributed by atoms with Gasteiger partial charge in [-0.2, -0.15) is 0 Å². The predicted molar refractivity (Wildman–Crippen MR) is 74.4 cm³/mol. The van der Waals surface area contributed by atoms with E-state index in [-0.39, 0.29) is 12.0 Å². The maximum absolute atomic E-state index is 13.3. The smallest absolute Gasteiger partial charge is 0.258 e. The van der Waals surface area contributed by atoms with Crippen molar-refractivity contribution in [1.29, 1.82) is 0 Å². The van der Waals surface area contributed by atoms with Gasteiger partial charge in [-0.25, -0.2) is 4.39 Å². The van der Waals surface area contributed by atoms with Gasteiger partial charge in [0.25, 0.3) is 5.56 Å². The summed E-state index contributed by atoms with van der Waals surface area (Å²) in [4.78, 5) is 12.5. The molecule has 0 spiro atoms. The van der Waals surface area contributed by atoms with E-state index in [9.17, 15) is 24.5 Å². The molecule has 0 radical (unpaired) electrons. The molecule has 4 unspecified atom stereocenters. The first-order valence-electron chi connectivity index (χ1n) is 6.80. The number of benzene rings is 1. The number of aliphatic hydroxyl groups is 3. The quantitative estimate of drug-likeness (QED) is 0.749. The van der Waals surface area contributed by atoms with Crippen molar-refractivity contribution in [2.75, 3.05) is 6.61 Å². The van der Waals surface area contributed by atoms with E-state index >= 15 is 0 Å². The van der Waals surface area contributed by atoms with E-state index in [4.69, 9.17) is 0 Å². The van der Waals surface area contributed by atoms with Crippen LogP contribution in [0.5, 0.6) is 0 Å². The molecule has 1 aromatic carbocycles. The highest BCUT2D eigenvalue weighted by Gasteiger charge is 2.42. The summed E-state index contributed by atoms with van der Waals surface area (Å²) in [7, 11) is 0. The molecule has 3 N–H and O–H groups in total. The second-order valence-corrected chi connectivity index (χ2v) is 5.49. The summed E-state index contributed by atoms with van der Waals surface area (Å²) in [6.07, 6.45) is -0.386. The monoisotopic (exact) mass is 293 g/mol. The van der Waals surface area contributed by atoms with E-state index in [1.165, 1.54) is 22.9 Å². The van der Waals surface area contributed by atoms with Crippen molar-refractivity contribution in [2.45, 2.75) is 24.7 Å². The molecule has 2 aromatic rings. The van der Waals surface area contributed by atoms with Crippen molar-refractivity contribution >= 4 is 10.8 Å². The van der Waals surface area contributed by atoms with Crippen molar-refractivity contribution in [3.05, 3.63) is 46.6 Å². The second-order valence-electron chi connectivity index (χ2n) is 5.49. The Kier molecular flexibility index (Phi) is 3.52. The van der Waals surface area contributed by atoms with Gasteiger partial charge in [0.2, 0.25) is 0 Å². The fourth-order valence-corrected chi connectivity index (χ4v) is 3.04. The number of halogens is 1. The highest BCUT2D eigenvalue weighted by molar-refractivity contribution is 5.81. The van der Waals surface area contributed by atoms with Crippen LogP contribution in [0.3, 0.4) is 0 Å². The Morgan fingerprint density at radius 1 is 1.24 bits per heavy atom. The molecule has 4 atom stereocenters. The first-order valence-corrected chi connectivity index (χ1v) is 6.80. The van der Waals surface area contributed by atoms with Crippen molar-refractivity contribution < 1.29 is 19.7 Å². The Balaban J connectivity index is 2.09. The first-order chi connectivity index (χ1) is 10.0. The van der Waals surface area contributed by atoms with Crippen LogP contribution in [-0.4, -0.2) is 38.7 Å². The highest BCUT2D eigenvalue weighted by Crippen LogP contribution is 2.34.